The molecule has 1 aromatic heterocycles. The van der Waals surface area contributed by atoms with Crippen LogP contribution in [0.25, 0.3) is 11.0 Å². The second-order valence-corrected chi connectivity index (χ2v) is 4.76. The number of halogens is 2. The molecule has 0 spiro atoms. The minimum absolute atomic E-state index is 0.0527. The van der Waals surface area contributed by atoms with Crippen molar-refractivity contribution in [1.29, 1.82) is 0 Å². The van der Waals surface area contributed by atoms with Gasteiger partial charge in [-0.1, -0.05) is 18.5 Å². The predicted octanol–water partition coefficient (Wildman–Crippen LogP) is 4.26. The summed E-state index contributed by atoms with van der Waals surface area (Å²) in [5.41, 5.74) is 6.71. The Labute approximate surface area is 102 Å². The van der Waals surface area contributed by atoms with Crippen LogP contribution >= 0.6 is 27.5 Å². The molecule has 2 rings (SSSR count). The molecule has 0 saturated heterocycles. The van der Waals surface area contributed by atoms with Gasteiger partial charge in [-0.3, -0.25) is 0 Å². The fourth-order valence-corrected chi connectivity index (χ4v) is 2.39. The van der Waals surface area contributed by atoms with Gasteiger partial charge in [-0.15, -0.1) is 0 Å². The van der Waals surface area contributed by atoms with Crippen LogP contribution in [0.3, 0.4) is 0 Å². The van der Waals surface area contributed by atoms with E-state index in [-0.39, 0.29) is 6.04 Å². The second kappa shape index (κ2) is 4.16. The first-order valence-corrected chi connectivity index (χ1v) is 5.93. The van der Waals surface area contributed by atoms with Crippen LogP contribution in [0, 0.1) is 0 Å². The van der Waals surface area contributed by atoms with E-state index in [1.54, 1.807) is 0 Å². The van der Waals surface area contributed by atoms with E-state index in [1.807, 2.05) is 25.1 Å². The summed E-state index contributed by atoms with van der Waals surface area (Å²) in [4.78, 5) is 0. The lowest BCUT2D eigenvalue weighted by Gasteiger charge is -2.02. The van der Waals surface area contributed by atoms with E-state index >= 15 is 0 Å². The van der Waals surface area contributed by atoms with E-state index in [9.17, 15) is 0 Å². The highest BCUT2D eigenvalue weighted by Crippen LogP contribution is 2.32. The van der Waals surface area contributed by atoms with Gasteiger partial charge >= 0.3 is 0 Å². The summed E-state index contributed by atoms with van der Waals surface area (Å²) in [6.45, 7) is 2.03. The fraction of sp³-hybridized carbons (Fsp3) is 0.273. The third-order valence-electron chi connectivity index (χ3n) is 2.36. The monoisotopic (exact) mass is 287 g/mol. The quantitative estimate of drug-likeness (QED) is 0.897. The predicted molar refractivity (Wildman–Crippen MR) is 66.1 cm³/mol. The van der Waals surface area contributed by atoms with Gasteiger partial charge in [-0.25, -0.2) is 0 Å². The van der Waals surface area contributed by atoms with Crippen LogP contribution in [-0.2, 0) is 0 Å². The average molecular weight is 289 g/mol. The molecular formula is C11H11BrClNO. The van der Waals surface area contributed by atoms with Crippen molar-refractivity contribution in [2.24, 2.45) is 5.73 Å². The zero-order valence-corrected chi connectivity index (χ0v) is 10.6. The summed E-state index contributed by atoms with van der Waals surface area (Å²) < 4.78 is 6.54. The van der Waals surface area contributed by atoms with Crippen LogP contribution in [0.4, 0.5) is 0 Å². The van der Waals surface area contributed by atoms with Crippen LogP contribution in [0.15, 0.2) is 27.1 Å². The van der Waals surface area contributed by atoms with Crippen molar-refractivity contribution < 1.29 is 4.42 Å². The largest absolute Gasteiger partial charge is 0.458 e. The maximum atomic E-state index is 5.94. The average Bonchev–Trinajstić information content (AvgIpc) is 2.60. The lowest BCUT2D eigenvalue weighted by Crippen LogP contribution is -2.06. The Bertz CT molecular complexity index is 495. The van der Waals surface area contributed by atoms with Crippen molar-refractivity contribution in [3.05, 3.63) is 33.5 Å². The third kappa shape index (κ3) is 2.05. The molecule has 2 nitrogen and oxygen atoms in total. The van der Waals surface area contributed by atoms with Crippen molar-refractivity contribution in [2.75, 3.05) is 0 Å². The lowest BCUT2D eigenvalue weighted by atomic mass is 10.2. The lowest BCUT2D eigenvalue weighted by molar-refractivity contribution is 0.487. The van der Waals surface area contributed by atoms with Crippen LogP contribution < -0.4 is 5.73 Å². The molecule has 1 unspecified atom stereocenters. The number of rotatable bonds is 2. The normalized spacial score (nSPS) is 13.3. The number of nitrogens with two attached hydrogens (primary N) is 1. The molecule has 4 heteroatoms. The fourth-order valence-electron chi connectivity index (χ4n) is 1.48. The minimum Gasteiger partial charge on any atom is -0.458 e. The zero-order chi connectivity index (χ0) is 11.0. The first kappa shape index (κ1) is 11.0. The number of benzene rings is 1. The Balaban J connectivity index is 2.60. The Morgan fingerprint density at radius 3 is 2.87 bits per heavy atom. The van der Waals surface area contributed by atoms with Gasteiger partial charge in [0.05, 0.1) is 10.5 Å². The van der Waals surface area contributed by atoms with Gasteiger partial charge in [-0.2, -0.15) is 0 Å². The zero-order valence-electron chi connectivity index (χ0n) is 8.26. The van der Waals surface area contributed by atoms with Crippen LogP contribution in [0.5, 0.6) is 0 Å². The molecule has 0 fully saturated rings. The van der Waals surface area contributed by atoms with Gasteiger partial charge in [0.1, 0.15) is 11.3 Å². The van der Waals surface area contributed by atoms with Crippen molar-refractivity contribution in [1.82, 2.24) is 0 Å². The smallest absolute Gasteiger partial charge is 0.148 e. The number of furan rings is 1. The summed E-state index contributed by atoms with van der Waals surface area (Å²) in [6, 6.07) is 5.58. The van der Waals surface area contributed by atoms with Crippen LogP contribution in [-0.4, -0.2) is 0 Å². The van der Waals surface area contributed by atoms with Crippen molar-refractivity contribution >= 4 is 38.5 Å². The highest BCUT2D eigenvalue weighted by Gasteiger charge is 2.12. The molecule has 2 N–H and O–H groups in total. The SMILES string of the molecule is CCC(N)c1cc2cc(Cl)cc(Br)c2o1. The Morgan fingerprint density at radius 2 is 2.20 bits per heavy atom. The first-order chi connectivity index (χ1) is 7.11. The van der Waals surface area contributed by atoms with Crippen LogP contribution in [0.2, 0.25) is 5.02 Å². The molecule has 2 aromatic rings. The highest BCUT2D eigenvalue weighted by molar-refractivity contribution is 9.10. The Morgan fingerprint density at radius 1 is 1.47 bits per heavy atom. The van der Waals surface area contributed by atoms with E-state index in [4.69, 9.17) is 21.8 Å². The molecule has 0 aliphatic carbocycles. The summed E-state index contributed by atoms with van der Waals surface area (Å²) in [7, 11) is 0. The molecule has 80 valence electrons. The summed E-state index contributed by atoms with van der Waals surface area (Å²) >= 11 is 9.36. The summed E-state index contributed by atoms with van der Waals surface area (Å²) in [5, 5.41) is 1.67. The van der Waals surface area contributed by atoms with E-state index in [1.165, 1.54) is 0 Å². The molecular weight excluding hydrogens is 277 g/mol. The van der Waals surface area contributed by atoms with Crippen LogP contribution in [0.1, 0.15) is 25.1 Å². The van der Waals surface area contributed by atoms with Gasteiger partial charge in [0.25, 0.3) is 0 Å². The molecule has 1 heterocycles. The molecule has 15 heavy (non-hydrogen) atoms. The molecule has 0 aliphatic heterocycles. The topological polar surface area (TPSA) is 39.2 Å². The van der Waals surface area contributed by atoms with E-state index < -0.39 is 0 Å². The van der Waals surface area contributed by atoms with Gasteiger partial charge in [0, 0.05) is 10.4 Å². The van der Waals surface area contributed by atoms with Gasteiger partial charge < -0.3 is 10.2 Å². The van der Waals surface area contributed by atoms with Crippen molar-refractivity contribution in [2.45, 2.75) is 19.4 Å². The standard InChI is InChI=1S/C11H11BrClNO/c1-2-9(14)10-4-6-3-7(13)5-8(12)11(6)15-10/h3-5,9H,2,14H2,1H3. The molecule has 1 aromatic carbocycles. The molecule has 0 saturated carbocycles. The second-order valence-electron chi connectivity index (χ2n) is 3.47. The maximum absolute atomic E-state index is 5.94. The maximum Gasteiger partial charge on any atom is 0.148 e. The number of hydrogen-bond acceptors (Lipinski definition) is 2. The number of hydrogen-bond donors (Lipinski definition) is 1. The highest BCUT2D eigenvalue weighted by atomic mass is 79.9. The first-order valence-electron chi connectivity index (χ1n) is 4.76. The van der Waals surface area contributed by atoms with Gasteiger partial charge in [0.2, 0.25) is 0 Å². The number of fused-ring (bicyclic) bond motifs is 1. The van der Waals surface area contributed by atoms with Crippen molar-refractivity contribution in [3.8, 4) is 0 Å². The summed E-state index contributed by atoms with van der Waals surface area (Å²) in [5.74, 6) is 0.801. The van der Waals surface area contributed by atoms with E-state index in [0.717, 1.165) is 27.6 Å². The third-order valence-corrected chi connectivity index (χ3v) is 3.17. The van der Waals surface area contributed by atoms with Gasteiger partial charge in [0.15, 0.2) is 0 Å². The van der Waals surface area contributed by atoms with Crippen molar-refractivity contribution in [3.63, 3.8) is 0 Å². The summed E-state index contributed by atoms with van der Waals surface area (Å²) in [6.07, 6.45) is 0.852. The molecule has 0 aliphatic rings. The van der Waals surface area contributed by atoms with E-state index in [2.05, 4.69) is 15.9 Å². The molecule has 1 atom stereocenters. The minimum atomic E-state index is -0.0527. The Hall–Kier alpha value is -0.510. The van der Waals surface area contributed by atoms with E-state index in [0.29, 0.717) is 5.02 Å². The van der Waals surface area contributed by atoms with Gasteiger partial charge in [-0.05, 0) is 40.5 Å². The molecule has 0 radical (unpaired) electrons. The molecule has 0 bridgehead atoms. The Kier molecular flexibility index (Phi) is 3.05. The molecule has 0 amide bonds.